The van der Waals surface area contributed by atoms with E-state index in [1.165, 1.54) is 13.0 Å². The van der Waals surface area contributed by atoms with Gasteiger partial charge in [0.25, 0.3) is 6.43 Å². The van der Waals surface area contributed by atoms with Crippen molar-refractivity contribution in [2.75, 3.05) is 5.32 Å². The van der Waals surface area contributed by atoms with Crippen molar-refractivity contribution in [3.63, 3.8) is 0 Å². The Morgan fingerprint density at radius 1 is 1.24 bits per heavy atom. The quantitative estimate of drug-likeness (QED) is 0.807. The molecule has 96 valence electrons. The molecule has 1 nitrogen and oxygen atoms in total. The van der Waals surface area contributed by atoms with Crippen LogP contribution in [0.4, 0.5) is 27.6 Å². The minimum Gasteiger partial charge on any atom is -0.376 e. The maximum absolute atomic E-state index is 12.4. The van der Waals surface area contributed by atoms with Crippen molar-refractivity contribution in [3.05, 3.63) is 28.2 Å². The Labute approximate surface area is 103 Å². The molecule has 0 amide bonds. The summed E-state index contributed by atoms with van der Waals surface area (Å²) >= 11 is 3.00. The third-order valence-electron chi connectivity index (χ3n) is 2.05. The summed E-state index contributed by atoms with van der Waals surface area (Å²) in [5.41, 5.74) is -0.891. The molecule has 0 aliphatic heterocycles. The highest BCUT2D eigenvalue weighted by molar-refractivity contribution is 9.10. The van der Waals surface area contributed by atoms with Crippen molar-refractivity contribution in [1.29, 1.82) is 0 Å². The highest BCUT2D eigenvalue weighted by atomic mass is 79.9. The van der Waals surface area contributed by atoms with E-state index in [2.05, 4.69) is 21.2 Å². The molecule has 0 aliphatic carbocycles. The zero-order chi connectivity index (χ0) is 13.2. The van der Waals surface area contributed by atoms with Crippen LogP contribution in [0.1, 0.15) is 12.5 Å². The minimum atomic E-state index is -4.49. The predicted octanol–water partition coefficient (Wildman–Crippen LogP) is 4.53. The number of benzene rings is 1. The van der Waals surface area contributed by atoms with E-state index in [1.807, 2.05) is 0 Å². The van der Waals surface area contributed by atoms with E-state index in [0.29, 0.717) is 4.47 Å². The van der Waals surface area contributed by atoms with Crippen molar-refractivity contribution in [2.24, 2.45) is 0 Å². The molecule has 0 saturated heterocycles. The van der Waals surface area contributed by atoms with Gasteiger partial charge in [0.1, 0.15) is 0 Å². The Morgan fingerprint density at radius 3 is 2.29 bits per heavy atom. The molecule has 1 atom stereocenters. The zero-order valence-corrected chi connectivity index (χ0v) is 10.2. The van der Waals surface area contributed by atoms with Crippen LogP contribution in [0, 0.1) is 0 Å². The van der Waals surface area contributed by atoms with Gasteiger partial charge in [0, 0.05) is 10.2 Å². The summed E-state index contributed by atoms with van der Waals surface area (Å²) in [6, 6.07) is 1.61. The molecule has 1 aromatic carbocycles. The van der Waals surface area contributed by atoms with E-state index < -0.39 is 24.2 Å². The normalized spacial score (nSPS) is 13.9. The molecule has 0 radical (unpaired) electrons. The van der Waals surface area contributed by atoms with E-state index in [-0.39, 0.29) is 5.69 Å². The lowest BCUT2D eigenvalue weighted by Gasteiger charge is -2.17. The van der Waals surface area contributed by atoms with E-state index in [9.17, 15) is 22.0 Å². The molecule has 1 N–H and O–H groups in total. The fourth-order valence-electron chi connectivity index (χ4n) is 1.12. The molecular weight excluding hydrogens is 309 g/mol. The summed E-state index contributed by atoms with van der Waals surface area (Å²) in [5, 5.41) is 2.33. The molecule has 7 heteroatoms. The Balaban J connectivity index is 2.99. The lowest BCUT2D eigenvalue weighted by atomic mass is 10.2. The topological polar surface area (TPSA) is 12.0 Å². The largest absolute Gasteiger partial charge is 0.416 e. The second-order valence-electron chi connectivity index (χ2n) is 3.46. The fourth-order valence-corrected chi connectivity index (χ4v) is 1.48. The minimum absolute atomic E-state index is 0.00683. The molecule has 1 rings (SSSR count). The van der Waals surface area contributed by atoms with Crippen LogP contribution in [0.25, 0.3) is 0 Å². The van der Waals surface area contributed by atoms with E-state index >= 15 is 0 Å². The summed E-state index contributed by atoms with van der Waals surface area (Å²) in [4.78, 5) is 0. The maximum atomic E-state index is 12.4. The van der Waals surface area contributed by atoms with Crippen molar-refractivity contribution in [1.82, 2.24) is 0 Å². The third-order valence-corrected chi connectivity index (χ3v) is 2.75. The van der Waals surface area contributed by atoms with E-state index in [4.69, 9.17) is 0 Å². The van der Waals surface area contributed by atoms with Gasteiger partial charge in [-0.15, -0.1) is 0 Å². The van der Waals surface area contributed by atoms with Crippen LogP contribution < -0.4 is 5.32 Å². The van der Waals surface area contributed by atoms with Crippen LogP contribution in [0.15, 0.2) is 22.7 Å². The Bertz CT molecular complexity index is 391. The number of halogens is 6. The average Bonchev–Trinajstić information content (AvgIpc) is 2.19. The van der Waals surface area contributed by atoms with E-state index in [0.717, 1.165) is 12.1 Å². The van der Waals surface area contributed by atoms with Gasteiger partial charge in [0.2, 0.25) is 0 Å². The standard InChI is InChI=1S/C10H9BrF5N/c1-5(9(12)13)17-8-4-6(10(14,15)16)2-3-7(8)11/h2-5,9,17H,1H3. The van der Waals surface area contributed by atoms with Crippen molar-refractivity contribution in [3.8, 4) is 0 Å². The SMILES string of the molecule is CC(Nc1cc(C(F)(F)F)ccc1Br)C(F)F. The maximum Gasteiger partial charge on any atom is 0.416 e. The van der Waals surface area contributed by atoms with Gasteiger partial charge in [0.05, 0.1) is 11.6 Å². The molecule has 1 aromatic rings. The lowest BCUT2D eigenvalue weighted by molar-refractivity contribution is -0.137. The molecule has 0 heterocycles. The van der Waals surface area contributed by atoms with Crippen LogP contribution in [0.3, 0.4) is 0 Å². The summed E-state index contributed by atoms with van der Waals surface area (Å²) in [7, 11) is 0. The number of rotatable bonds is 3. The summed E-state index contributed by atoms with van der Waals surface area (Å²) in [6.45, 7) is 1.19. The Kier molecular flexibility index (Phi) is 4.35. The molecule has 17 heavy (non-hydrogen) atoms. The highest BCUT2D eigenvalue weighted by Gasteiger charge is 2.31. The molecule has 0 spiro atoms. The summed E-state index contributed by atoms with van der Waals surface area (Å²) < 4.78 is 62.1. The smallest absolute Gasteiger partial charge is 0.376 e. The predicted molar refractivity (Wildman–Crippen MR) is 58.2 cm³/mol. The number of alkyl halides is 5. The van der Waals surface area contributed by atoms with E-state index in [1.54, 1.807) is 0 Å². The molecule has 0 fully saturated rings. The van der Waals surface area contributed by atoms with Gasteiger partial charge < -0.3 is 5.32 Å². The first-order chi connectivity index (χ1) is 7.71. The average molecular weight is 318 g/mol. The lowest BCUT2D eigenvalue weighted by Crippen LogP contribution is -2.24. The number of nitrogens with one attached hydrogen (secondary N) is 1. The monoisotopic (exact) mass is 317 g/mol. The van der Waals surface area contributed by atoms with Crippen LogP contribution >= 0.6 is 15.9 Å². The zero-order valence-electron chi connectivity index (χ0n) is 8.65. The Morgan fingerprint density at radius 2 is 1.82 bits per heavy atom. The van der Waals surface area contributed by atoms with Gasteiger partial charge >= 0.3 is 6.18 Å². The van der Waals surface area contributed by atoms with Crippen molar-refractivity contribution >= 4 is 21.6 Å². The van der Waals surface area contributed by atoms with Gasteiger partial charge in [-0.1, -0.05) is 0 Å². The summed E-state index contributed by atoms with van der Waals surface area (Å²) in [5.74, 6) is 0. The highest BCUT2D eigenvalue weighted by Crippen LogP contribution is 2.34. The first kappa shape index (κ1) is 14.2. The van der Waals surface area contributed by atoms with Gasteiger partial charge in [-0.3, -0.25) is 0 Å². The molecule has 0 bridgehead atoms. The van der Waals surface area contributed by atoms with Crippen LogP contribution in [0.5, 0.6) is 0 Å². The third kappa shape index (κ3) is 3.83. The second-order valence-corrected chi connectivity index (χ2v) is 4.31. The molecule has 0 aromatic heterocycles. The van der Waals surface area contributed by atoms with Crippen molar-refractivity contribution in [2.45, 2.75) is 25.6 Å². The number of hydrogen-bond donors (Lipinski definition) is 1. The van der Waals surface area contributed by atoms with Crippen LogP contribution in [-0.4, -0.2) is 12.5 Å². The first-order valence-electron chi connectivity index (χ1n) is 4.63. The molecular formula is C10H9BrF5N. The molecule has 0 saturated carbocycles. The number of hydrogen-bond acceptors (Lipinski definition) is 1. The first-order valence-corrected chi connectivity index (χ1v) is 5.42. The second kappa shape index (κ2) is 5.20. The van der Waals surface area contributed by atoms with Crippen LogP contribution in [-0.2, 0) is 6.18 Å². The van der Waals surface area contributed by atoms with Gasteiger partial charge in [-0.05, 0) is 41.1 Å². The van der Waals surface area contributed by atoms with Crippen molar-refractivity contribution < 1.29 is 22.0 Å². The Hall–Kier alpha value is -0.850. The van der Waals surface area contributed by atoms with Gasteiger partial charge in [-0.25, -0.2) is 8.78 Å². The molecule has 0 aliphatic rings. The molecule has 1 unspecified atom stereocenters. The number of anilines is 1. The van der Waals surface area contributed by atoms with Gasteiger partial charge in [-0.2, -0.15) is 13.2 Å². The fraction of sp³-hybridized carbons (Fsp3) is 0.400. The van der Waals surface area contributed by atoms with Gasteiger partial charge in [0.15, 0.2) is 0 Å². The summed E-state index contributed by atoms with van der Waals surface area (Å²) in [6.07, 6.45) is -7.15. The van der Waals surface area contributed by atoms with Crippen LogP contribution in [0.2, 0.25) is 0 Å².